The number of nitrogen functional groups attached to an aromatic ring is 1. The molecule has 0 bridgehead atoms. The van der Waals surface area contributed by atoms with Crippen molar-refractivity contribution >= 4 is 21.4 Å². The minimum atomic E-state index is -3.07. The number of carbonyl (C=O) groups excluding carboxylic acids is 1. The van der Waals surface area contributed by atoms with Crippen molar-refractivity contribution in [1.82, 2.24) is 4.90 Å². The largest absolute Gasteiger partial charge is 0.396 e. The Morgan fingerprint density at radius 2 is 2.16 bits per heavy atom. The molecule has 0 aliphatic carbocycles. The Kier molecular flexibility index (Phi) is 3.49. The number of anilines is 1. The fourth-order valence-electron chi connectivity index (χ4n) is 2.14. The molecule has 1 atom stereocenters. The number of nitrogens with two attached hydrogens (primary N) is 1. The van der Waals surface area contributed by atoms with Gasteiger partial charge in [-0.3, -0.25) is 4.79 Å². The summed E-state index contributed by atoms with van der Waals surface area (Å²) in [7, 11) is -3.07. The van der Waals surface area contributed by atoms with Gasteiger partial charge < -0.3 is 10.6 Å². The first-order chi connectivity index (χ1) is 8.80. The van der Waals surface area contributed by atoms with Gasteiger partial charge in [0.05, 0.1) is 17.2 Å². The average molecular weight is 286 g/mol. The smallest absolute Gasteiger partial charge is 0.254 e. The SMILES string of the molecule is CC1CS(=O)(=O)CCN1C(=O)c1ccc(F)c(N)c1. The molecular weight excluding hydrogens is 271 g/mol. The zero-order valence-corrected chi connectivity index (χ0v) is 11.3. The predicted octanol–water partition coefficient (Wildman–Crippen LogP) is 0.667. The Labute approximate surface area is 111 Å². The van der Waals surface area contributed by atoms with Gasteiger partial charge in [0.15, 0.2) is 9.84 Å². The van der Waals surface area contributed by atoms with E-state index >= 15 is 0 Å². The number of sulfone groups is 1. The Morgan fingerprint density at radius 1 is 1.47 bits per heavy atom. The molecule has 1 aromatic carbocycles. The third-order valence-corrected chi connectivity index (χ3v) is 4.97. The quantitative estimate of drug-likeness (QED) is 0.769. The Hall–Kier alpha value is -1.63. The molecule has 1 aliphatic heterocycles. The van der Waals surface area contributed by atoms with Crippen molar-refractivity contribution in [3.8, 4) is 0 Å². The van der Waals surface area contributed by atoms with Gasteiger partial charge in [0, 0.05) is 18.2 Å². The van der Waals surface area contributed by atoms with Crippen LogP contribution in [-0.4, -0.2) is 43.3 Å². The topological polar surface area (TPSA) is 80.5 Å². The maximum Gasteiger partial charge on any atom is 0.254 e. The second kappa shape index (κ2) is 4.80. The second-order valence-electron chi connectivity index (χ2n) is 4.70. The number of halogens is 1. The minimum absolute atomic E-state index is 0.0419. The van der Waals surface area contributed by atoms with E-state index in [4.69, 9.17) is 5.73 Å². The number of hydrogen-bond acceptors (Lipinski definition) is 4. The van der Waals surface area contributed by atoms with Gasteiger partial charge in [0.25, 0.3) is 5.91 Å². The highest BCUT2D eigenvalue weighted by atomic mass is 32.2. The molecule has 0 saturated carbocycles. The van der Waals surface area contributed by atoms with Gasteiger partial charge in [0.2, 0.25) is 0 Å². The number of amides is 1. The van der Waals surface area contributed by atoms with E-state index in [2.05, 4.69) is 0 Å². The van der Waals surface area contributed by atoms with Crippen LogP contribution in [0.15, 0.2) is 18.2 Å². The summed E-state index contributed by atoms with van der Waals surface area (Å²) in [5.41, 5.74) is 5.60. The van der Waals surface area contributed by atoms with Crippen molar-refractivity contribution in [2.24, 2.45) is 0 Å². The summed E-state index contributed by atoms with van der Waals surface area (Å²) >= 11 is 0. The average Bonchev–Trinajstić information content (AvgIpc) is 2.31. The molecule has 0 radical (unpaired) electrons. The lowest BCUT2D eigenvalue weighted by Gasteiger charge is -2.33. The van der Waals surface area contributed by atoms with Crippen molar-refractivity contribution in [3.63, 3.8) is 0 Å². The number of carbonyl (C=O) groups is 1. The standard InChI is InChI=1S/C12H15FN2O3S/c1-8-7-19(17,18)5-4-15(8)12(16)9-2-3-10(13)11(14)6-9/h2-3,6,8H,4-5,7,14H2,1H3. The van der Waals surface area contributed by atoms with Crippen LogP contribution >= 0.6 is 0 Å². The van der Waals surface area contributed by atoms with Gasteiger partial charge in [0.1, 0.15) is 5.82 Å². The Bertz CT molecular complexity index is 615. The van der Waals surface area contributed by atoms with Gasteiger partial charge in [-0.1, -0.05) is 0 Å². The minimum Gasteiger partial charge on any atom is -0.396 e. The number of hydrogen-bond donors (Lipinski definition) is 1. The van der Waals surface area contributed by atoms with E-state index in [9.17, 15) is 17.6 Å². The first-order valence-corrected chi connectivity index (χ1v) is 7.69. The van der Waals surface area contributed by atoms with E-state index < -0.39 is 21.7 Å². The van der Waals surface area contributed by atoms with E-state index in [1.807, 2.05) is 0 Å². The van der Waals surface area contributed by atoms with Gasteiger partial charge in [-0.2, -0.15) is 0 Å². The van der Waals surface area contributed by atoms with Gasteiger partial charge >= 0.3 is 0 Å². The van der Waals surface area contributed by atoms with Crippen LogP contribution in [0.2, 0.25) is 0 Å². The van der Waals surface area contributed by atoms with E-state index in [0.717, 1.165) is 6.07 Å². The van der Waals surface area contributed by atoms with Gasteiger partial charge in [-0.25, -0.2) is 12.8 Å². The highest BCUT2D eigenvalue weighted by molar-refractivity contribution is 7.91. The molecule has 5 nitrogen and oxygen atoms in total. The fourth-order valence-corrected chi connectivity index (χ4v) is 3.70. The summed E-state index contributed by atoms with van der Waals surface area (Å²) < 4.78 is 36.0. The summed E-state index contributed by atoms with van der Waals surface area (Å²) in [6, 6.07) is 3.36. The highest BCUT2D eigenvalue weighted by Crippen LogP contribution is 2.18. The summed E-state index contributed by atoms with van der Waals surface area (Å²) in [6.45, 7) is 1.83. The molecule has 19 heavy (non-hydrogen) atoms. The van der Waals surface area contributed by atoms with E-state index in [-0.39, 0.29) is 35.2 Å². The Balaban J connectivity index is 2.22. The monoisotopic (exact) mass is 286 g/mol. The van der Waals surface area contributed by atoms with Crippen molar-refractivity contribution < 1.29 is 17.6 Å². The van der Waals surface area contributed by atoms with Crippen LogP contribution < -0.4 is 5.73 Å². The molecule has 104 valence electrons. The number of benzene rings is 1. The van der Waals surface area contributed by atoms with Crippen LogP contribution in [0.25, 0.3) is 0 Å². The molecule has 1 saturated heterocycles. The van der Waals surface area contributed by atoms with Crippen molar-refractivity contribution in [1.29, 1.82) is 0 Å². The Morgan fingerprint density at radius 3 is 2.74 bits per heavy atom. The fraction of sp³-hybridized carbons (Fsp3) is 0.417. The van der Waals surface area contributed by atoms with E-state index in [0.29, 0.717) is 0 Å². The van der Waals surface area contributed by atoms with Crippen LogP contribution in [0, 0.1) is 5.82 Å². The molecule has 2 rings (SSSR count). The molecular formula is C12H15FN2O3S. The maximum absolute atomic E-state index is 13.1. The molecule has 1 aromatic rings. The lowest BCUT2D eigenvalue weighted by Crippen LogP contribution is -2.49. The second-order valence-corrected chi connectivity index (χ2v) is 6.93. The van der Waals surface area contributed by atoms with Crippen molar-refractivity contribution in [2.45, 2.75) is 13.0 Å². The molecule has 1 heterocycles. The molecule has 1 amide bonds. The van der Waals surface area contributed by atoms with Crippen LogP contribution in [0.5, 0.6) is 0 Å². The van der Waals surface area contributed by atoms with E-state index in [1.54, 1.807) is 6.92 Å². The zero-order valence-electron chi connectivity index (χ0n) is 10.5. The molecule has 1 fully saturated rings. The van der Waals surface area contributed by atoms with Gasteiger partial charge in [-0.15, -0.1) is 0 Å². The number of nitrogens with zero attached hydrogens (tertiary/aromatic N) is 1. The summed E-state index contributed by atoms with van der Waals surface area (Å²) in [5, 5.41) is 0. The van der Waals surface area contributed by atoms with Gasteiger partial charge in [-0.05, 0) is 25.1 Å². The normalized spacial score (nSPS) is 22.2. The first-order valence-electron chi connectivity index (χ1n) is 5.86. The van der Waals surface area contributed by atoms with Crippen LogP contribution in [-0.2, 0) is 9.84 Å². The van der Waals surface area contributed by atoms with E-state index in [1.165, 1.54) is 17.0 Å². The first kappa shape index (κ1) is 13.8. The lowest BCUT2D eigenvalue weighted by molar-refractivity contribution is 0.0712. The summed E-state index contributed by atoms with van der Waals surface area (Å²) in [4.78, 5) is 13.7. The van der Waals surface area contributed by atoms with Crippen LogP contribution in [0.1, 0.15) is 17.3 Å². The molecule has 2 N–H and O–H groups in total. The number of rotatable bonds is 1. The molecule has 0 aromatic heterocycles. The molecule has 1 unspecified atom stereocenters. The van der Waals surface area contributed by atoms with Crippen LogP contribution in [0.3, 0.4) is 0 Å². The third kappa shape index (κ3) is 2.86. The maximum atomic E-state index is 13.1. The third-order valence-electron chi connectivity index (χ3n) is 3.17. The van der Waals surface area contributed by atoms with Crippen molar-refractivity contribution in [3.05, 3.63) is 29.6 Å². The molecule has 0 spiro atoms. The van der Waals surface area contributed by atoms with Crippen LogP contribution in [0.4, 0.5) is 10.1 Å². The summed E-state index contributed by atoms with van der Waals surface area (Å²) in [6.07, 6.45) is 0. The molecule has 1 aliphatic rings. The highest BCUT2D eigenvalue weighted by Gasteiger charge is 2.31. The van der Waals surface area contributed by atoms with Crippen molar-refractivity contribution in [2.75, 3.05) is 23.8 Å². The summed E-state index contributed by atoms with van der Waals surface area (Å²) in [5.74, 6) is -0.991. The predicted molar refractivity (Wildman–Crippen MR) is 70.0 cm³/mol. The zero-order chi connectivity index (χ0) is 14.2. The lowest BCUT2D eigenvalue weighted by atomic mass is 10.1. The molecule has 7 heteroatoms.